The molecule has 6 nitrogen and oxygen atoms in total. The van der Waals surface area contributed by atoms with Crippen molar-refractivity contribution in [2.75, 3.05) is 19.5 Å². The Bertz CT molecular complexity index is 1590. The van der Waals surface area contributed by atoms with Crippen molar-refractivity contribution in [1.29, 1.82) is 0 Å². The molecule has 3 aromatic carbocycles. The van der Waals surface area contributed by atoms with Gasteiger partial charge in [-0.05, 0) is 86.3 Å². The normalized spacial score (nSPS) is 12.7. The zero-order chi connectivity index (χ0) is 26.8. The number of benzene rings is 3. The summed E-state index contributed by atoms with van der Waals surface area (Å²) in [6, 6.07) is 23.0. The van der Waals surface area contributed by atoms with Crippen LogP contribution in [0.2, 0.25) is 0 Å². The highest BCUT2D eigenvalue weighted by molar-refractivity contribution is 7.91. The van der Waals surface area contributed by atoms with Crippen LogP contribution in [0.5, 0.6) is 0 Å². The van der Waals surface area contributed by atoms with Crippen molar-refractivity contribution < 1.29 is 22.0 Å². The number of nitrogens with zero attached hydrogens (tertiary/aromatic N) is 1. The summed E-state index contributed by atoms with van der Waals surface area (Å²) in [6.45, 7) is 7.57. The monoisotopic (exact) mass is 537 g/mol. The van der Waals surface area contributed by atoms with Gasteiger partial charge in [-0.1, -0.05) is 36.4 Å². The minimum Gasteiger partial charge on any atom is -0.305 e. The molecule has 0 N–H and O–H groups in total. The second-order valence-corrected chi connectivity index (χ2v) is 13.9. The van der Waals surface area contributed by atoms with Gasteiger partial charge in [0.2, 0.25) is 0 Å². The van der Waals surface area contributed by atoms with Gasteiger partial charge in [0.25, 0.3) is 0 Å². The molecule has 0 fully saturated rings. The van der Waals surface area contributed by atoms with Gasteiger partial charge in [0.05, 0.1) is 28.8 Å². The number of pyridine rings is 1. The van der Waals surface area contributed by atoms with E-state index in [1.54, 1.807) is 40.0 Å². The second kappa shape index (κ2) is 10.5. The summed E-state index contributed by atoms with van der Waals surface area (Å²) in [7, 11) is -6.80. The van der Waals surface area contributed by atoms with E-state index in [4.69, 9.17) is 9.05 Å². The predicted octanol–water partition coefficient (Wildman–Crippen LogP) is 6.74. The fourth-order valence-electron chi connectivity index (χ4n) is 4.22. The molecule has 0 aliphatic heterocycles. The van der Waals surface area contributed by atoms with Crippen molar-refractivity contribution in [2.24, 2.45) is 0 Å². The van der Waals surface area contributed by atoms with Gasteiger partial charge in [-0.25, -0.2) is 8.42 Å². The molecule has 0 unspecified atom stereocenters. The highest BCUT2D eigenvalue weighted by Crippen LogP contribution is 2.47. The van der Waals surface area contributed by atoms with E-state index in [9.17, 15) is 13.0 Å². The van der Waals surface area contributed by atoms with Crippen molar-refractivity contribution in [1.82, 2.24) is 4.98 Å². The standard InChI is InChI=1S/C29H32NO5PS/c1-6-34-36(31,35-7-2)26-15-9-12-22(19-26)21-11-8-13-23(17-21)27-20-25(29(3,4)37(5,32)33)18-24-14-10-16-30-28(24)27/h8-20H,6-7H2,1-5H3. The highest BCUT2D eigenvalue weighted by atomic mass is 32.2. The van der Waals surface area contributed by atoms with E-state index in [0.717, 1.165) is 33.2 Å². The molecule has 0 saturated carbocycles. The third-order valence-corrected chi connectivity index (χ3v) is 10.8. The van der Waals surface area contributed by atoms with E-state index in [0.29, 0.717) is 10.9 Å². The van der Waals surface area contributed by atoms with Crippen LogP contribution in [-0.4, -0.2) is 32.9 Å². The maximum Gasteiger partial charge on any atom is 0.361 e. The summed E-state index contributed by atoms with van der Waals surface area (Å²) in [5, 5.41) is 1.37. The second-order valence-electron chi connectivity index (χ2n) is 9.35. The Morgan fingerprint density at radius 3 is 2.11 bits per heavy atom. The smallest absolute Gasteiger partial charge is 0.305 e. The SMILES string of the molecule is CCOP(=O)(OCC)c1cccc(-c2cccc(-c3cc(C(C)(C)S(C)(=O)=O)cc4cccnc34)c2)c1. The highest BCUT2D eigenvalue weighted by Gasteiger charge is 2.33. The van der Waals surface area contributed by atoms with Gasteiger partial charge in [-0.15, -0.1) is 0 Å². The van der Waals surface area contributed by atoms with Crippen LogP contribution in [0.15, 0.2) is 79.0 Å². The lowest BCUT2D eigenvalue weighted by Gasteiger charge is -2.24. The van der Waals surface area contributed by atoms with E-state index in [-0.39, 0.29) is 13.2 Å². The number of sulfone groups is 1. The average molecular weight is 538 g/mol. The lowest BCUT2D eigenvalue weighted by molar-refractivity contribution is 0.230. The quantitative estimate of drug-likeness (QED) is 0.220. The summed E-state index contributed by atoms with van der Waals surface area (Å²) in [5.41, 5.74) is 5.01. The molecule has 1 aromatic heterocycles. The summed E-state index contributed by atoms with van der Waals surface area (Å²) >= 11 is 0. The summed E-state index contributed by atoms with van der Waals surface area (Å²) in [5.74, 6) is 0. The minimum atomic E-state index is -3.43. The van der Waals surface area contributed by atoms with Crippen molar-refractivity contribution in [3.8, 4) is 22.3 Å². The first kappa shape index (κ1) is 27.2. The first-order valence-corrected chi connectivity index (χ1v) is 15.6. The summed E-state index contributed by atoms with van der Waals surface area (Å²) in [6.07, 6.45) is 3.00. The Hall–Kier alpha value is -2.83. The molecule has 4 aromatic rings. The van der Waals surface area contributed by atoms with E-state index >= 15 is 0 Å². The van der Waals surface area contributed by atoms with E-state index < -0.39 is 22.2 Å². The number of hydrogen-bond donors (Lipinski definition) is 0. The Labute approximate surface area is 219 Å². The van der Waals surface area contributed by atoms with Gasteiger partial charge < -0.3 is 9.05 Å². The van der Waals surface area contributed by atoms with Gasteiger partial charge >= 0.3 is 7.60 Å². The fourth-order valence-corrected chi connectivity index (χ4v) is 6.39. The molecule has 0 atom stereocenters. The molecular weight excluding hydrogens is 505 g/mol. The largest absolute Gasteiger partial charge is 0.361 e. The Balaban J connectivity index is 1.87. The van der Waals surface area contributed by atoms with Crippen molar-refractivity contribution in [3.63, 3.8) is 0 Å². The van der Waals surface area contributed by atoms with Crippen molar-refractivity contribution in [3.05, 3.63) is 84.6 Å². The van der Waals surface area contributed by atoms with E-state index in [2.05, 4.69) is 4.98 Å². The molecule has 0 radical (unpaired) electrons. The molecule has 8 heteroatoms. The molecule has 0 aliphatic rings. The Morgan fingerprint density at radius 1 is 0.838 bits per heavy atom. The molecule has 4 rings (SSSR count). The van der Waals surface area contributed by atoms with Crippen molar-refractivity contribution >= 4 is 33.6 Å². The van der Waals surface area contributed by atoms with Gasteiger partial charge in [0.15, 0.2) is 9.84 Å². The average Bonchev–Trinajstić information content (AvgIpc) is 2.88. The maximum absolute atomic E-state index is 13.3. The van der Waals surface area contributed by atoms with Crippen LogP contribution in [-0.2, 0) is 28.2 Å². The first-order valence-electron chi connectivity index (χ1n) is 12.2. The molecule has 194 valence electrons. The van der Waals surface area contributed by atoms with E-state index in [1.165, 1.54) is 6.26 Å². The molecule has 0 spiro atoms. The van der Waals surface area contributed by atoms with Gasteiger partial charge in [-0.2, -0.15) is 0 Å². The lowest BCUT2D eigenvalue weighted by atomic mass is 9.92. The van der Waals surface area contributed by atoms with E-state index in [1.807, 2.05) is 66.7 Å². The Kier molecular flexibility index (Phi) is 7.72. The molecule has 0 bridgehead atoms. The van der Waals surface area contributed by atoms with Crippen LogP contribution in [0.4, 0.5) is 0 Å². The predicted molar refractivity (Wildman–Crippen MR) is 151 cm³/mol. The molecule has 0 aliphatic carbocycles. The van der Waals surface area contributed by atoms with Crippen LogP contribution in [0, 0.1) is 0 Å². The molecule has 0 saturated heterocycles. The molecular formula is C29H32NO5PS. The van der Waals surface area contributed by atoms with Gasteiger partial charge in [0, 0.05) is 23.4 Å². The van der Waals surface area contributed by atoms with Gasteiger partial charge in [-0.3, -0.25) is 9.55 Å². The van der Waals surface area contributed by atoms with Crippen LogP contribution >= 0.6 is 7.60 Å². The maximum atomic E-state index is 13.3. The summed E-state index contributed by atoms with van der Waals surface area (Å²) < 4.78 is 48.6. The minimum absolute atomic E-state index is 0.275. The van der Waals surface area contributed by atoms with Crippen LogP contribution < -0.4 is 5.30 Å². The summed E-state index contributed by atoms with van der Waals surface area (Å²) in [4.78, 5) is 4.61. The first-order chi connectivity index (χ1) is 17.5. The van der Waals surface area contributed by atoms with Crippen LogP contribution in [0.1, 0.15) is 33.3 Å². The number of aromatic nitrogens is 1. The van der Waals surface area contributed by atoms with Crippen LogP contribution in [0.3, 0.4) is 0 Å². The molecule has 37 heavy (non-hydrogen) atoms. The van der Waals surface area contributed by atoms with Crippen LogP contribution in [0.25, 0.3) is 33.2 Å². The lowest BCUT2D eigenvalue weighted by Crippen LogP contribution is -2.28. The zero-order valence-corrected chi connectivity index (χ0v) is 23.5. The van der Waals surface area contributed by atoms with Crippen molar-refractivity contribution in [2.45, 2.75) is 32.4 Å². The fraction of sp³-hybridized carbons (Fsp3) is 0.276. The van der Waals surface area contributed by atoms with Gasteiger partial charge in [0.1, 0.15) is 0 Å². The number of hydrogen-bond acceptors (Lipinski definition) is 6. The molecule has 0 amide bonds. The Morgan fingerprint density at radius 2 is 1.46 bits per heavy atom. The molecule has 1 heterocycles. The number of rotatable bonds is 9. The topological polar surface area (TPSA) is 82.6 Å². The third kappa shape index (κ3) is 5.41. The zero-order valence-electron chi connectivity index (χ0n) is 21.8. The third-order valence-electron chi connectivity index (χ3n) is 6.59. The number of fused-ring (bicyclic) bond motifs is 1.